The Bertz CT molecular complexity index is 548. The summed E-state index contributed by atoms with van der Waals surface area (Å²) in [5, 5.41) is 0. The lowest BCUT2D eigenvalue weighted by Gasteiger charge is -2.00. The number of aromatic nitrogens is 2. The van der Waals surface area contributed by atoms with E-state index >= 15 is 0 Å². The first-order valence-electron chi connectivity index (χ1n) is 5.35. The molecule has 0 fully saturated rings. The van der Waals surface area contributed by atoms with Crippen LogP contribution >= 0.6 is 0 Å². The SMILES string of the molecule is c1ccc(-c2ccoc2-c2ccccn2)nc1. The van der Waals surface area contributed by atoms with Gasteiger partial charge in [0, 0.05) is 18.0 Å². The monoisotopic (exact) mass is 222 g/mol. The molecule has 3 rings (SSSR count). The highest BCUT2D eigenvalue weighted by Crippen LogP contribution is 2.30. The van der Waals surface area contributed by atoms with Gasteiger partial charge in [-0.25, -0.2) is 0 Å². The predicted octanol–water partition coefficient (Wildman–Crippen LogP) is 3.40. The highest BCUT2D eigenvalue weighted by atomic mass is 16.3. The van der Waals surface area contributed by atoms with Gasteiger partial charge in [0.05, 0.1) is 12.0 Å². The molecule has 0 radical (unpaired) electrons. The summed E-state index contributed by atoms with van der Waals surface area (Å²) < 4.78 is 5.50. The van der Waals surface area contributed by atoms with Gasteiger partial charge in [0.1, 0.15) is 5.69 Å². The molecule has 3 nitrogen and oxygen atoms in total. The molecule has 0 aliphatic carbocycles. The van der Waals surface area contributed by atoms with Crippen LogP contribution in [-0.4, -0.2) is 9.97 Å². The summed E-state index contributed by atoms with van der Waals surface area (Å²) in [5.74, 6) is 0.754. The van der Waals surface area contributed by atoms with Gasteiger partial charge in [-0.3, -0.25) is 9.97 Å². The van der Waals surface area contributed by atoms with E-state index in [-0.39, 0.29) is 0 Å². The summed E-state index contributed by atoms with van der Waals surface area (Å²) in [7, 11) is 0. The Labute approximate surface area is 98.8 Å². The van der Waals surface area contributed by atoms with Crippen molar-refractivity contribution in [1.82, 2.24) is 9.97 Å². The van der Waals surface area contributed by atoms with Gasteiger partial charge in [0.15, 0.2) is 5.76 Å². The second kappa shape index (κ2) is 4.22. The second-order valence-corrected chi connectivity index (χ2v) is 3.59. The molecule has 0 N–H and O–H groups in total. The van der Waals surface area contributed by atoms with E-state index in [9.17, 15) is 0 Å². The quantitative estimate of drug-likeness (QED) is 0.667. The largest absolute Gasteiger partial charge is 0.462 e. The first-order valence-corrected chi connectivity index (χ1v) is 5.35. The summed E-state index contributed by atoms with van der Waals surface area (Å²) >= 11 is 0. The normalized spacial score (nSPS) is 10.4. The van der Waals surface area contributed by atoms with Crippen LogP contribution in [-0.2, 0) is 0 Å². The van der Waals surface area contributed by atoms with Crippen LogP contribution in [0.4, 0.5) is 0 Å². The van der Waals surface area contributed by atoms with Crippen LogP contribution in [0.1, 0.15) is 0 Å². The van der Waals surface area contributed by atoms with E-state index in [1.165, 1.54) is 0 Å². The molecule has 0 unspecified atom stereocenters. The molecule has 3 aromatic rings. The van der Waals surface area contributed by atoms with Gasteiger partial charge in [0.2, 0.25) is 0 Å². The molecular weight excluding hydrogens is 212 g/mol. The number of hydrogen-bond donors (Lipinski definition) is 0. The van der Waals surface area contributed by atoms with Gasteiger partial charge in [-0.2, -0.15) is 0 Å². The van der Waals surface area contributed by atoms with Crippen molar-refractivity contribution in [2.24, 2.45) is 0 Å². The molecule has 0 saturated carbocycles. The molecule has 3 heterocycles. The molecule has 0 atom stereocenters. The Kier molecular flexibility index (Phi) is 2.43. The zero-order valence-electron chi connectivity index (χ0n) is 9.08. The molecule has 0 amide bonds. The Morgan fingerprint density at radius 2 is 1.47 bits per heavy atom. The van der Waals surface area contributed by atoms with Gasteiger partial charge in [-0.05, 0) is 30.3 Å². The average molecular weight is 222 g/mol. The van der Waals surface area contributed by atoms with Crippen molar-refractivity contribution in [2.75, 3.05) is 0 Å². The lowest BCUT2D eigenvalue weighted by molar-refractivity contribution is 0.580. The third-order valence-corrected chi connectivity index (χ3v) is 2.50. The molecule has 17 heavy (non-hydrogen) atoms. The minimum atomic E-state index is 0.754. The third-order valence-electron chi connectivity index (χ3n) is 2.50. The summed E-state index contributed by atoms with van der Waals surface area (Å²) in [6, 6.07) is 13.5. The van der Waals surface area contributed by atoms with E-state index in [1.807, 2.05) is 42.5 Å². The fourth-order valence-corrected chi connectivity index (χ4v) is 1.73. The van der Waals surface area contributed by atoms with Crippen molar-refractivity contribution in [1.29, 1.82) is 0 Å². The Balaban J connectivity index is 2.13. The topological polar surface area (TPSA) is 38.9 Å². The summed E-state index contributed by atoms with van der Waals surface area (Å²) in [6.07, 6.45) is 5.18. The minimum Gasteiger partial charge on any atom is -0.462 e. The van der Waals surface area contributed by atoms with Crippen molar-refractivity contribution >= 4 is 0 Å². The smallest absolute Gasteiger partial charge is 0.161 e. The minimum absolute atomic E-state index is 0.754. The van der Waals surface area contributed by atoms with Crippen LogP contribution in [0.5, 0.6) is 0 Å². The maximum Gasteiger partial charge on any atom is 0.161 e. The van der Waals surface area contributed by atoms with Crippen molar-refractivity contribution in [3.8, 4) is 22.7 Å². The number of pyridine rings is 2. The molecule has 82 valence electrons. The molecular formula is C14H10N2O. The maximum absolute atomic E-state index is 5.50. The molecule has 0 aliphatic rings. The van der Waals surface area contributed by atoms with E-state index in [1.54, 1.807) is 18.7 Å². The van der Waals surface area contributed by atoms with E-state index in [4.69, 9.17) is 4.42 Å². The maximum atomic E-state index is 5.50. The van der Waals surface area contributed by atoms with E-state index in [0.717, 1.165) is 22.7 Å². The van der Waals surface area contributed by atoms with Gasteiger partial charge in [-0.15, -0.1) is 0 Å². The van der Waals surface area contributed by atoms with Crippen LogP contribution in [0.15, 0.2) is 65.5 Å². The van der Waals surface area contributed by atoms with Crippen molar-refractivity contribution in [3.63, 3.8) is 0 Å². The van der Waals surface area contributed by atoms with E-state index in [2.05, 4.69) is 9.97 Å². The first kappa shape index (κ1) is 9.78. The molecule has 0 saturated heterocycles. The van der Waals surface area contributed by atoms with Crippen molar-refractivity contribution < 1.29 is 4.42 Å². The number of furan rings is 1. The Morgan fingerprint density at radius 1 is 0.765 bits per heavy atom. The van der Waals surface area contributed by atoms with Crippen LogP contribution in [0.3, 0.4) is 0 Å². The highest BCUT2D eigenvalue weighted by Gasteiger charge is 2.12. The molecule has 0 bridgehead atoms. The second-order valence-electron chi connectivity index (χ2n) is 3.59. The van der Waals surface area contributed by atoms with E-state index in [0.29, 0.717) is 0 Å². The number of nitrogens with zero attached hydrogens (tertiary/aromatic N) is 2. The molecule has 3 aromatic heterocycles. The lowest BCUT2D eigenvalue weighted by atomic mass is 10.1. The van der Waals surface area contributed by atoms with Crippen LogP contribution in [0.2, 0.25) is 0 Å². The average Bonchev–Trinajstić information content (AvgIpc) is 2.90. The lowest BCUT2D eigenvalue weighted by Crippen LogP contribution is -1.85. The van der Waals surface area contributed by atoms with Crippen LogP contribution in [0, 0.1) is 0 Å². The van der Waals surface area contributed by atoms with Gasteiger partial charge < -0.3 is 4.42 Å². The van der Waals surface area contributed by atoms with Crippen molar-refractivity contribution in [2.45, 2.75) is 0 Å². The van der Waals surface area contributed by atoms with Crippen LogP contribution < -0.4 is 0 Å². The zero-order chi connectivity index (χ0) is 11.5. The number of rotatable bonds is 2. The first-order chi connectivity index (χ1) is 8.45. The summed E-state index contributed by atoms with van der Waals surface area (Å²) in [5.41, 5.74) is 2.67. The zero-order valence-corrected chi connectivity index (χ0v) is 9.08. The van der Waals surface area contributed by atoms with Gasteiger partial charge in [-0.1, -0.05) is 12.1 Å². The van der Waals surface area contributed by atoms with Crippen LogP contribution in [0.25, 0.3) is 22.7 Å². The molecule has 0 aromatic carbocycles. The van der Waals surface area contributed by atoms with Gasteiger partial charge >= 0.3 is 0 Å². The predicted molar refractivity (Wildman–Crippen MR) is 65.2 cm³/mol. The summed E-state index contributed by atoms with van der Waals surface area (Å²) in [6.45, 7) is 0. The van der Waals surface area contributed by atoms with Gasteiger partial charge in [0.25, 0.3) is 0 Å². The number of hydrogen-bond acceptors (Lipinski definition) is 3. The van der Waals surface area contributed by atoms with Crippen molar-refractivity contribution in [3.05, 3.63) is 61.1 Å². The van der Waals surface area contributed by atoms with E-state index < -0.39 is 0 Å². The Morgan fingerprint density at radius 3 is 2.12 bits per heavy atom. The molecule has 0 aliphatic heterocycles. The third kappa shape index (κ3) is 1.83. The fraction of sp³-hybridized carbons (Fsp3) is 0. The molecule has 0 spiro atoms. The fourth-order valence-electron chi connectivity index (χ4n) is 1.73. The Hall–Kier alpha value is -2.42. The summed E-state index contributed by atoms with van der Waals surface area (Å²) in [4.78, 5) is 8.61. The standard InChI is InChI=1S/C14H10N2O/c1-3-8-15-12(5-1)11-7-10-17-14(11)13-6-2-4-9-16-13/h1-10H. The molecule has 3 heteroatoms. The highest BCUT2D eigenvalue weighted by molar-refractivity contribution is 5.75.